The predicted octanol–water partition coefficient (Wildman–Crippen LogP) is 4.08. The lowest BCUT2D eigenvalue weighted by Crippen LogP contribution is -2.12. The van der Waals surface area contributed by atoms with Crippen molar-refractivity contribution < 1.29 is 1.43 Å². The highest BCUT2D eigenvalue weighted by Gasteiger charge is 1.97. The van der Waals surface area contributed by atoms with Crippen LogP contribution >= 0.6 is 0 Å². The van der Waals surface area contributed by atoms with E-state index in [-0.39, 0.29) is 16.6 Å². The molecule has 1 rings (SSSR count). The second-order valence-electron chi connectivity index (χ2n) is 4.86. The van der Waals surface area contributed by atoms with Crippen molar-refractivity contribution in [3.05, 3.63) is 29.8 Å². The molecule has 0 saturated heterocycles. The van der Waals surface area contributed by atoms with E-state index in [1.54, 1.807) is 4.43 Å². The van der Waals surface area contributed by atoms with Crippen LogP contribution in [-0.4, -0.2) is 15.2 Å². The van der Waals surface area contributed by atoms with Crippen LogP contribution in [0.15, 0.2) is 24.3 Å². The fourth-order valence-corrected chi connectivity index (χ4v) is 3.62. The minimum atomic E-state index is 0. The molecule has 0 aliphatic heterocycles. The van der Waals surface area contributed by atoms with Gasteiger partial charge in [-0.2, -0.15) is 0 Å². The van der Waals surface area contributed by atoms with Crippen molar-refractivity contribution in [3.63, 3.8) is 0 Å². The first-order valence-corrected chi connectivity index (χ1v) is 8.59. The first-order valence-electron chi connectivity index (χ1n) is 6.88. The van der Waals surface area contributed by atoms with Gasteiger partial charge in [0, 0.05) is 1.43 Å². The summed E-state index contributed by atoms with van der Waals surface area (Å²) in [6.45, 7) is 4.45. The molecule has 0 aromatic heterocycles. The fourth-order valence-electron chi connectivity index (χ4n) is 2.04. The zero-order chi connectivity index (χ0) is 11.6. The smallest absolute Gasteiger partial charge is 0.116 e. The number of rotatable bonds is 8. The van der Waals surface area contributed by atoms with Gasteiger partial charge in [0.2, 0.25) is 0 Å². The summed E-state index contributed by atoms with van der Waals surface area (Å²) in [4.78, 5) is 0. The number of aryl methyl sites for hydroxylation is 1. The third-order valence-electron chi connectivity index (χ3n) is 3.19. The van der Waals surface area contributed by atoms with E-state index in [0.29, 0.717) is 0 Å². The first-order chi connectivity index (χ1) is 7.83. The third kappa shape index (κ3) is 6.36. The molecule has 1 aromatic rings. The van der Waals surface area contributed by atoms with Crippen molar-refractivity contribution in [2.45, 2.75) is 57.7 Å². The number of unbranched alkanes of at least 4 members (excludes halogenated alkanes) is 5. The highest BCUT2D eigenvalue weighted by molar-refractivity contribution is 6.53. The molecule has 0 aliphatic carbocycles. The lowest BCUT2D eigenvalue weighted by molar-refractivity contribution is 0.624. The monoisotopic (exact) mass is 234 g/mol. The molecule has 0 radical (unpaired) electrons. The molecule has 0 heterocycles. The summed E-state index contributed by atoms with van der Waals surface area (Å²) < 4.78 is 1.64. The normalized spacial score (nSPS) is 10.4. The van der Waals surface area contributed by atoms with E-state index >= 15 is 0 Å². The van der Waals surface area contributed by atoms with E-state index in [4.69, 9.17) is 0 Å². The summed E-state index contributed by atoms with van der Waals surface area (Å²) in [6, 6.07) is 9.17. The topological polar surface area (TPSA) is 0 Å². The zero-order valence-corrected chi connectivity index (χ0v) is 12.4. The maximum atomic E-state index is 2.33. The third-order valence-corrected chi connectivity index (χ3v) is 5.09. The van der Waals surface area contributed by atoms with Crippen LogP contribution < -0.4 is 4.43 Å². The molecule has 0 fully saturated rings. The van der Waals surface area contributed by atoms with Crippen LogP contribution in [0.4, 0.5) is 0 Å². The summed E-state index contributed by atoms with van der Waals surface area (Å²) in [5, 5.41) is 1.50. The Morgan fingerprint density at radius 1 is 0.938 bits per heavy atom. The van der Waals surface area contributed by atoms with Gasteiger partial charge in [-0.05, 0) is 6.92 Å². The van der Waals surface area contributed by atoms with E-state index in [1.165, 1.54) is 49.4 Å². The number of benzene rings is 1. The molecule has 90 valence electrons. The van der Waals surface area contributed by atoms with E-state index < -0.39 is 0 Å². The molecule has 0 amide bonds. The second kappa shape index (κ2) is 8.85. The Morgan fingerprint density at radius 3 is 2.25 bits per heavy atom. The Hall–Kier alpha value is -0.248. The van der Waals surface area contributed by atoms with E-state index in [1.807, 2.05) is 0 Å². The molecule has 0 spiro atoms. The van der Waals surface area contributed by atoms with Gasteiger partial charge in [0.15, 0.2) is 0 Å². The summed E-state index contributed by atoms with van der Waals surface area (Å²) in [6.07, 6.45) is 8.61. The molecule has 0 aliphatic rings. The van der Waals surface area contributed by atoms with Crippen molar-refractivity contribution in [1.29, 1.82) is 0 Å². The largest absolute Gasteiger partial charge is 0.282 e. The van der Waals surface area contributed by atoms with E-state index in [9.17, 15) is 0 Å². The van der Waals surface area contributed by atoms with Crippen LogP contribution in [0.1, 0.15) is 52.4 Å². The lowest BCUT2D eigenvalue weighted by Gasteiger charge is -2.01. The maximum Gasteiger partial charge on any atom is 0.282 e. The Morgan fingerprint density at radius 2 is 1.56 bits per heavy atom. The molecule has 0 N–H and O–H groups in total. The Labute approximate surface area is 109 Å². The zero-order valence-electron chi connectivity index (χ0n) is 11.0. The molecule has 16 heavy (non-hydrogen) atoms. The van der Waals surface area contributed by atoms with Crippen LogP contribution in [0, 0.1) is 6.92 Å². The molecule has 1 aromatic carbocycles. The molecular formula is C15H27Al. The average molecular weight is 234 g/mol. The van der Waals surface area contributed by atoms with Gasteiger partial charge >= 0.3 is 0 Å². The quantitative estimate of drug-likeness (QED) is 0.469. The van der Waals surface area contributed by atoms with Gasteiger partial charge in [0.1, 0.15) is 0 Å². The summed E-state index contributed by atoms with van der Waals surface area (Å²) in [5.74, 6) is 0. The number of hydrogen-bond acceptors (Lipinski definition) is 0. The average Bonchev–Trinajstić information content (AvgIpc) is 2.30. The van der Waals surface area contributed by atoms with Gasteiger partial charge in [-0.3, -0.25) is 0 Å². The van der Waals surface area contributed by atoms with Crippen molar-refractivity contribution in [2.24, 2.45) is 0 Å². The first kappa shape index (κ1) is 13.8. The van der Waals surface area contributed by atoms with Crippen molar-refractivity contribution >= 4 is 19.6 Å². The number of hydrogen-bond donors (Lipinski definition) is 0. The van der Waals surface area contributed by atoms with Crippen LogP contribution in [0.3, 0.4) is 0 Å². The Balaban J connectivity index is 0.00000256. The van der Waals surface area contributed by atoms with Gasteiger partial charge in [-0.1, -0.05) is 80.6 Å². The van der Waals surface area contributed by atoms with E-state index in [2.05, 4.69) is 38.1 Å². The van der Waals surface area contributed by atoms with Crippen molar-refractivity contribution in [3.8, 4) is 0 Å². The van der Waals surface area contributed by atoms with Crippen LogP contribution in [-0.2, 0) is 0 Å². The van der Waals surface area contributed by atoms with Crippen molar-refractivity contribution in [2.75, 3.05) is 0 Å². The lowest BCUT2D eigenvalue weighted by atomic mass is 10.1. The van der Waals surface area contributed by atoms with Crippen molar-refractivity contribution in [1.82, 2.24) is 0 Å². The molecule has 0 nitrogen and oxygen atoms in total. The molecule has 0 atom stereocenters. The van der Waals surface area contributed by atoms with Gasteiger partial charge < -0.3 is 0 Å². The molecular weight excluding hydrogens is 207 g/mol. The fraction of sp³-hybridized carbons (Fsp3) is 0.600. The predicted molar refractivity (Wildman–Crippen MR) is 78.3 cm³/mol. The SMILES string of the molecule is CCCCCCC[CH2][AlH][c]1ccc(C)cc1.[HH]. The Kier molecular flexibility index (Phi) is 7.64. The summed E-state index contributed by atoms with van der Waals surface area (Å²) in [5.41, 5.74) is 1.39. The second-order valence-corrected chi connectivity index (χ2v) is 6.88. The molecule has 0 saturated carbocycles. The standard InChI is InChI=1S/C8H17.C7H7.Al.H2.H/c1-3-5-7-8-6-4-2;1-7-5-3-2-4-6-7;;;/h1,3-8H2,2H3;3-6H,1H3;;1H;. The van der Waals surface area contributed by atoms with Crippen LogP contribution in [0.25, 0.3) is 0 Å². The van der Waals surface area contributed by atoms with Gasteiger partial charge in [0.25, 0.3) is 15.2 Å². The molecule has 0 unspecified atom stereocenters. The minimum absolute atomic E-state index is 0. The minimum Gasteiger partial charge on any atom is -0.116 e. The molecule has 0 bridgehead atoms. The maximum absolute atomic E-state index is 2.33. The van der Waals surface area contributed by atoms with E-state index in [0.717, 1.165) is 0 Å². The van der Waals surface area contributed by atoms with Crippen LogP contribution in [0.5, 0.6) is 0 Å². The molecule has 1 heteroatoms. The van der Waals surface area contributed by atoms with Crippen LogP contribution in [0.2, 0.25) is 5.28 Å². The highest BCUT2D eigenvalue weighted by Crippen LogP contribution is 2.06. The summed E-state index contributed by atoms with van der Waals surface area (Å²) >= 11 is 0.0331. The van der Waals surface area contributed by atoms with Gasteiger partial charge in [-0.25, -0.2) is 0 Å². The van der Waals surface area contributed by atoms with Gasteiger partial charge in [0.05, 0.1) is 0 Å². The highest BCUT2D eigenvalue weighted by atomic mass is 27.1. The van der Waals surface area contributed by atoms with Gasteiger partial charge in [-0.15, -0.1) is 4.43 Å². The Bertz CT molecular complexity index is 269. The summed E-state index contributed by atoms with van der Waals surface area (Å²) in [7, 11) is 0.